The highest BCUT2D eigenvalue weighted by Gasteiger charge is 2.22. The largest absolute Gasteiger partial charge is 0.454 e. The summed E-state index contributed by atoms with van der Waals surface area (Å²) in [4.78, 5) is 22.7. The molecule has 0 radical (unpaired) electrons. The Labute approximate surface area is 106 Å². The van der Waals surface area contributed by atoms with Gasteiger partial charge in [-0.1, -0.05) is 24.3 Å². The highest BCUT2D eigenvalue weighted by atomic mass is 16.5. The summed E-state index contributed by atoms with van der Waals surface area (Å²) in [5, 5.41) is 2.77. The molecule has 1 aromatic carbocycles. The van der Waals surface area contributed by atoms with Gasteiger partial charge in [-0.25, -0.2) is 4.79 Å². The Balaban J connectivity index is 1.87. The normalized spacial score (nSPS) is 21.6. The molecule has 1 amide bonds. The highest BCUT2D eigenvalue weighted by Crippen LogP contribution is 2.16. The van der Waals surface area contributed by atoms with Crippen molar-refractivity contribution in [2.24, 2.45) is 0 Å². The summed E-state index contributed by atoms with van der Waals surface area (Å²) in [6, 6.07) is 8.82. The van der Waals surface area contributed by atoms with Crippen LogP contribution in [0.15, 0.2) is 42.5 Å². The van der Waals surface area contributed by atoms with Gasteiger partial charge in [0.25, 0.3) is 0 Å². The van der Waals surface area contributed by atoms with Crippen LogP contribution < -0.4 is 5.32 Å². The second-order valence-electron chi connectivity index (χ2n) is 4.24. The number of benzene rings is 1. The SMILES string of the molecule is CC(=O)N[C@@H]1C=C[C@H](OC(=O)c2ccccc2)C1. The number of hydrogen-bond donors (Lipinski definition) is 1. The van der Waals surface area contributed by atoms with Crippen molar-refractivity contribution in [1.29, 1.82) is 0 Å². The van der Waals surface area contributed by atoms with Gasteiger partial charge in [-0.3, -0.25) is 4.79 Å². The molecule has 0 bridgehead atoms. The van der Waals surface area contributed by atoms with Gasteiger partial charge in [-0.15, -0.1) is 0 Å². The Morgan fingerprint density at radius 3 is 2.61 bits per heavy atom. The molecule has 1 N–H and O–H groups in total. The smallest absolute Gasteiger partial charge is 0.338 e. The molecule has 0 saturated heterocycles. The third-order valence-electron chi connectivity index (χ3n) is 2.70. The van der Waals surface area contributed by atoms with Crippen molar-refractivity contribution in [3.8, 4) is 0 Å². The maximum Gasteiger partial charge on any atom is 0.338 e. The zero-order valence-corrected chi connectivity index (χ0v) is 10.1. The molecule has 0 aliphatic heterocycles. The Hall–Kier alpha value is -2.10. The van der Waals surface area contributed by atoms with Gasteiger partial charge in [-0.2, -0.15) is 0 Å². The Bertz CT molecular complexity index is 467. The lowest BCUT2D eigenvalue weighted by molar-refractivity contribution is -0.119. The molecular formula is C14H15NO3. The molecule has 4 nitrogen and oxygen atoms in total. The van der Waals surface area contributed by atoms with Crippen LogP contribution in [0.4, 0.5) is 0 Å². The predicted molar refractivity (Wildman–Crippen MR) is 67.0 cm³/mol. The third kappa shape index (κ3) is 3.20. The maximum atomic E-state index is 11.8. The van der Waals surface area contributed by atoms with E-state index in [0.717, 1.165) is 0 Å². The molecule has 18 heavy (non-hydrogen) atoms. The van der Waals surface area contributed by atoms with Gasteiger partial charge in [-0.05, 0) is 18.2 Å². The van der Waals surface area contributed by atoms with Crippen molar-refractivity contribution in [3.05, 3.63) is 48.0 Å². The predicted octanol–water partition coefficient (Wildman–Crippen LogP) is 1.68. The zero-order chi connectivity index (χ0) is 13.0. The second-order valence-corrected chi connectivity index (χ2v) is 4.24. The number of nitrogens with one attached hydrogen (secondary N) is 1. The van der Waals surface area contributed by atoms with Crippen molar-refractivity contribution >= 4 is 11.9 Å². The monoisotopic (exact) mass is 245 g/mol. The summed E-state index contributed by atoms with van der Waals surface area (Å²) in [7, 11) is 0. The number of esters is 1. The van der Waals surface area contributed by atoms with Crippen LogP contribution in [0.2, 0.25) is 0 Å². The van der Waals surface area contributed by atoms with E-state index in [-0.39, 0.29) is 24.0 Å². The lowest BCUT2D eigenvalue weighted by Gasteiger charge is -2.13. The summed E-state index contributed by atoms with van der Waals surface area (Å²) in [5.74, 6) is -0.423. The van der Waals surface area contributed by atoms with Gasteiger partial charge >= 0.3 is 5.97 Å². The van der Waals surface area contributed by atoms with Crippen LogP contribution in [0.25, 0.3) is 0 Å². The van der Waals surface area contributed by atoms with Crippen molar-refractivity contribution in [2.75, 3.05) is 0 Å². The van der Waals surface area contributed by atoms with E-state index in [9.17, 15) is 9.59 Å². The van der Waals surface area contributed by atoms with Crippen molar-refractivity contribution in [3.63, 3.8) is 0 Å². The van der Waals surface area contributed by atoms with E-state index in [2.05, 4.69) is 5.32 Å². The average molecular weight is 245 g/mol. The minimum absolute atomic E-state index is 0.0453. The summed E-state index contributed by atoms with van der Waals surface area (Å²) >= 11 is 0. The second kappa shape index (κ2) is 5.49. The fourth-order valence-electron chi connectivity index (χ4n) is 1.90. The van der Waals surface area contributed by atoms with E-state index in [4.69, 9.17) is 4.74 Å². The fourth-order valence-corrected chi connectivity index (χ4v) is 1.90. The summed E-state index contributed by atoms with van der Waals surface area (Å²) in [6.07, 6.45) is 3.98. The van der Waals surface area contributed by atoms with E-state index < -0.39 is 0 Å². The molecule has 0 fully saturated rings. The first-order valence-corrected chi connectivity index (χ1v) is 5.86. The lowest BCUT2D eigenvalue weighted by Crippen LogP contribution is -2.31. The van der Waals surface area contributed by atoms with Crippen LogP contribution >= 0.6 is 0 Å². The van der Waals surface area contributed by atoms with Gasteiger partial charge in [0.05, 0.1) is 11.6 Å². The van der Waals surface area contributed by atoms with Crippen LogP contribution in [0.1, 0.15) is 23.7 Å². The van der Waals surface area contributed by atoms with Gasteiger partial charge in [0.2, 0.25) is 5.91 Å². The number of ether oxygens (including phenoxy) is 1. The van der Waals surface area contributed by atoms with Crippen LogP contribution in [0.3, 0.4) is 0 Å². The number of carbonyl (C=O) groups is 2. The van der Waals surface area contributed by atoms with E-state index in [1.54, 1.807) is 30.3 Å². The Kier molecular flexibility index (Phi) is 3.77. The van der Waals surface area contributed by atoms with Gasteiger partial charge in [0, 0.05) is 13.3 Å². The molecule has 1 aliphatic rings. The van der Waals surface area contributed by atoms with E-state index in [1.165, 1.54) is 6.92 Å². The standard InChI is InChI=1S/C14H15NO3/c1-10(16)15-12-7-8-13(9-12)18-14(17)11-5-3-2-4-6-11/h2-8,12-13H,9H2,1H3,(H,15,16)/t12-,13+/m1/s1. The Morgan fingerprint density at radius 1 is 1.22 bits per heavy atom. The molecule has 4 heteroatoms. The van der Waals surface area contributed by atoms with Crippen molar-refractivity contribution in [2.45, 2.75) is 25.5 Å². The van der Waals surface area contributed by atoms with E-state index in [1.807, 2.05) is 12.1 Å². The molecule has 2 rings (SSSR count). The first kappa shape index (κ1) is 12.4. The quantitative estimate of drug-likeness (QED) is 0.651. The minimum atomic E-state index is -0.339. The first-order valence-electron chi connectivity index (χ1n) is 5.86. The highest BCUT2D eigenvalue weighted by molar-refractivity contribution is 5.89. The third-order valence-corrected chi connectivity index (χ3v) is 2.70. The van der Waals surface area contributed by atoms with Crippen LogP contribution in [-0.4, -0.2) is 24.0 Å². The zero-order valence-electron chi connectivity index (χ0n) is 10.1. The van der Waals surface area contributed by atoms with Crippen molar-refractivity contribution < 1.29 is 14.3 Å². The van der Waals surface area contributed by atoms with Crippen LogP contribution in [0.5, 0.6) is 0 Å². The molecule has 1 aromatic rings. The van der Waals surface area contributed by atoms with Gasteiger partial charge in [0.1, 0.15) is 6.10 Å². The fraction of sp³-hybridized carbons (Fsp3) is 0.286. The summed E-state index contributed by atoms with van der Waals surface area (Å²) < 4.78 is 5.33. The number of carbonyl (C=O) groups excluding carboxylic acids is 2. The summed E-state index contributed by atoms with van der Waals surface area (Å²) in [6.45, 7) is 1.47. The molecule has 94 valence electrons. The topological polar surface area (TPSA) is 55.4 Å². The van der Waals surface area contributed by atoms with Crippen LogP contribution in [-0.2, 0) is 9.53 Å². The maximum absolute atomic E-state index is 11.8. The number of hydrogen-bond acceptors (Lipinski definition) is 3. The minimum Gasteiger partial charge on any atom is -0.454 e. The molecule has 0 aromatic heterocycles. The number of amides is 1. The summed E-state index contributed by atoms with van der Waals surface area (Å²) in [5.41, 5.74) is 0.536. The molecule has 2 atom stereocenters. The molecule has 0 heterocycles. The number of rotatable bonds is 3. The molecule has 0 unspecified atom stereocenters. The first-order chi connectivity index (χ1) is 8.65. The average Bonchev–Trinajstić information content (AvgIpc) is 2.76. The van der Waals surface area contributed by atoms with Gasteiger partial charge in [0.15, 0.2) is 0 Å². The van der Waals surface area contributed by atoms with E-state index >= 15 is 0 Å². The van der Waals surface area contributed by atoms with Gasteiger partial charge < -0.3 is 10.1 Å². The Morgan fingerprint density at radius 2 is 1.94 bits per heavy atom. The molecule has 1 aliphatic carbocycles. The van der Waals surface area contributed by atoms with E-state index in [0.29, 0.717) is 12.0 Å². The lowest BCUT2D eigenvalue weighted by atomic mass is 10.2. The molecule has 0 spiro atoms. The van der Waals surface area contributed by atoms with Crippen LogP contribution in [0, 0.1) is 0 Å². The molecule has 0 saturated carbocycles. The van der Waals surface area contributed by atoms with Crippen molar-refractivity contribution in [1.82, 2.24) is 5.32 Å². The molecular weight excluding hydrogens is 230 g/mol.